The number of carbonyl (C=O) groups is 2. The lowest BCUT2D eigenvalue weighted by Gasteiger charge is -2.11. The quantitative estimate of drug-likeness (QED) is 0.813. The van der Waals surface area contributed by atoms with Gasteiger partial charge in [-0.2, -0.15) is 13.2 Å². The zero-order valence-corrected chi connectivity index (χ0v) is 9.83. The Labute approximate surface area is 110 Å². The molecule has 0 spiro atoms. The zero-order chi connectivity index (χ0) is 15.3. The van der Waals surface area contributed by atoms with Crippen molar-refractivity contribution in [2.75, 3.05) is 18.5 Å². The first-order valence-electron chi connectivity index (χ1n) is 5.16. The SMILES string of the molecule is O=C(O)COCC(=O)Nc1ccc(F)c(C(F)(F)F)c1. The highest BCUT2D eigenvalue weighted by molar-refractivity contribution is 5.91. The number of amides is 1. The number of benzene rings is 1. The molecule has 1 amide bonds. The van der Waals surface area contributed by atoms with E-state index in [1.54, 1.807) is 0 Å². The first-order valence-corrected chi connectivity index (χ1v) is 5.16. The molecule has 5 nitrogen and oxygen atoms in total. The summed E-state index contributed by atoms with van der Waals surface area (Å²) in [6.45, 7) is -1.37. The van der Waals surface area contributed by atoms with Gasteiger partial charge in [0.2, 0.25) is 5.91 Å². The average molecular weight is 295 g/mol. The number of hydrogen-bond donors (Lipinski definition) is 2. The highest BCUT2D eigenvalue weighted by atomic mass is 19.4. The minimum Gasteiger partial charge on any atom is -0.480 e. The van der Waals surface area contributed by atoms with Crippen molar-refractivity contribution < 1.29 is 37.0 Å². The van der Waals surface area contributed by atoms with Crippen LogP contribution in [0.1, 0.15) is 5.56 Å². The van der Waals surface area contributed by atoms with E-state index in [4.69, 9.17) is 5.11 Å². The molecular formula is C11H9F4NO4. The van der Waals surface area contributed by atoms with Gasteiger partial charge in [0, 0.05) is 5.69 Å². The van der Waals surface area contributed by atoms with Crippen LogP contribution in [0, 0.1) is 5.82 Å². The van der Waals surface area contributed by atoms with E-state index < -0.39 is 42.6 Å². The number of rotatable bonds is 5. The normalized spacial score (nSPS) is 11.2. The fraction of sp³-hybridized carbons (Fsp3) is 0.273. The number of anilines is 1. The van der Waals surface area contributed by atoms with Crippen LogP contribution in [0.2, 0.25) is 0 Å². The van der Waals surface area contributed by atoms with E-state index in [9.17, 15) is 27.2 Å². The summed E-state index contributed by atoms with van der Waals surface area (Å²) in [7, 11) is 0. The van der Waals surface area contributed by atoms with Gasteiger partial charge in [-0.1, -0.05) is 0 Å². The van der Waals surface area contributed by atoms with Gasteiger partial charge >= 0.3 is 12.1 Å². The maximum atomic E-state index is 13.0. The number of aliphatic carboxylic acids is 1. The van der Waals surface area contributed by atoms with E-state index in [2.05, 4.69) is 4.74 Å². The third-order valence-electron chi connectivity index (χ3n) is 2.01. The Hall–Kier alpha value is -2.16. The summed E-state index contributed by atoms with van der Waals surface area (Å²) in [6.07, 6.45) is -4.88. The van der Waals surface area contributed by atoms with Crippen molar-refractivity contribution in [2.24, 2.45) is 0 Å². The molecule has 0 aliphatic heterocycles. The number of carboxylic acid groups (broad SMARTS) is 1. The Morgan fingerprint density at radius 2 is 1.90 bits per heavy atom. The second kappa shape index (κ2) is 6.33. The number of halogens is 4. The van der Waals surface area contributed by atoms with Gasteiger partial charge < -0.3 is 15.2 Å². The molecule has 0 aromatic heterocycles. The summed E-state index contributed by atoms with van der Waals surface area (Å²) in [6, 6.07) is 1.95. The van der Waals surface area contributed by atoms with Crippen LogP contribution in [0.3, 0.4) is 0 Å². The van der Waals surface area contributed by atoms with Crippen LogP contribution >= 0.6 is 0 Å². The van der Waals surface area contributed by atoms with Gasteiger partial charge in [-0.05, 0) is 18.2 Å². The molecule has 0 radical (unpaired) electrons. The minimum absolute atomic E-state index is 0.275. The first-order chi connectivity index (χ1) is 9.20. The second-order valence-electron chi connectivity index (χ2n) is 3.63. The molecule has 0 heterocycles. The Morgan fingerprint density at radius 3 is 2.45 bits per heavy atom. The lowest BCUT2D eigenvalue weighted by atomic mass is 10.2. The van der Waals surface area contributed by atoms with Crippen LogP contribution in [0.25, 0.3) is 0 Å². The lowest BCUT2D eigenvalue weighted by Crippen LogP contribution is -2.21. The molecule has 0 fully saturated rings. The maximum absolute atomic E-state index is 13.0. The Kier molecular flexibility index (Phi) is 5.03. The molecule has 9 heteroatoms. The van der Waals surface area contributed by atoms with Crippen LogP contribution in [-0.2, 0) is 20.5 Å². The van der Waals surface area contributed by atoms with Gasteiger partial charge in [0.15, 0.2) is 0 Å². The molecule has 0 aliphatic carbocycles. The summed E-state index contributed by atoms with van der Waals surface area (Å²) in [4.78, 5) is 21.3. The number of ether oxygens (including phenoxy) is 1. The van der Waals surface area contributed by atoms with Crippen molar-refractivity contribution in [3.05, 3.63) is 29.6 Å². The highest BCUT2D eigenvalue weighted by Gasteiger charge is 2.34. The van der Waals surface area contributed by atoms with Crippen LogP contribution in [0.4, 0.5) is 23.2 Å². The van der Waals surface area contributed by atoms with Gasteiger partial charge in [-0.15, -0.1) is 0 Å². The molecule has 0 saturated carbocycles. The number of alkyl halides is 3. The molecule has 2 N–H and O–H groups in total. The fourth-order valence-corrected chi connectivity index (χ4v) is 1.25. The molecule has 1 aromatic carbocycles. The number of hydrogen-bond acceptors (Lipinski definition) is 3. The summed E-state index contributed by atoms with van der Waals surface area (Å²) in [5, 5.41) is 10.3. The molecule has 0 unspecified atom stereocenters. The molecule has 1 aromatic rings. The van der Waals surface area contributed by atoms with Crippen molar-refractivity contribution in [3.8, 4) is 0 Å². The van der Waals surface area contributed by atoms with E-state index in [-0.39, 0.29) is 5.69 Å². The van der Waals surface area contributed by atoms with Crippen molar-refractivity contribution in [2.45, 2.75) is 6.18 Å². The summed E-state index contributed by atoms with van der Waals surface area (Å²) in [5.74, 6) is -3.61. The van der Waals surface area contributed by atoms with Crippen LogP contribution in [0.5, 0.6) is 0 Å². The van der Waals surface area contributed by atoms with Gasteiger partial charge in [-0.25, -0.2) is 9.18 Å². The highest BCUT2D eigenvalue weighted by Crippen LogP contribution is 2.32. The molecule has 0 aliphatic rings. The maximum Gasteiger partial charge on any atom is 0.419 e. The molecule has 110 valence electrons. The Morgan fingerprint density at radius 1 is 1.25 bits per heavy atom. The van der Waals surface area contributed by atoms with Gasteiger partial charge in [-0.3, -0.25) is 4.79 Å². The molecule has 0 atom stereocenters. The predicted molar refractivity (Wildman–Crippen MR) is 58.5 cm³/mol. The molecular weight excluding hydrogens is 286 g/mol. The number of carbonyl (C=O) groups excluding carboxylic acids is 1. The summed E-state index contributed by atoms with van der Waals surface area (Å²) in [5.41, 5.74) is -1.79. The Balaban J connectivity index is 2.69. The van der Waals surface area contributed by atoms with E-state index in [1.807, 2.05) is 5.32 Å². The fourth-order valence-electron chi connectivity index (χ4n) is 1.25. The largest absolute Gasteiger partial charge is 0.480 e. The second-order valence-corrected chi connectivity index (χ2v) is 3.63. The van der Waals surface area contributed by atoms with E-state index in [1.165, 1.54) is 0 Å². The monoisotopic (exact) mass is 295 g/mol. The standard InChI is InChI=1S/C11H9F4NO4/c12-8-2-1-6(3-7(8)11(13,14)15)16-9(17)4-20-5-10(18)19/h1-3H,4-5H2,(H,16,17)(H,18,19). The van der Waals surface area contributed by atoms with E-state index >= 15 is 0 Å². The van der Waals surface area contributed by atoms with E-state index in [0.717, 1.165) is 6.07 Å². The van der Waals surface area contributed by atoms with Crippen molar-refractivity contribution in [1.29, 1.82) is 0 Å². The van der Waals surface area contributed by atoms with Gasteiger partial charge in [0.1, 0.15) is 19.0 Å². The first kappa shape index (κ1) is 15.9. The van der Waals surface area contributed by atoms with Gasteiger partial charge in [0.25, 0.3) is 0 Å². The van der Waals surface area contributed by atoms with Crippen LogP contribution in [0.15, 0.2) is 18.2 Å². The zero-order valence-electron chi connectivity index (χ0n) is 9.83. The summed E-state index contributed by atoms with van der Waals surface area (Å²) >= 11 is 0. The van der Waals surface area contributed by atoms with Crippen molar-refractivity contribution in [3.63, 3.8) is 0 Å². The predicted octanol–water partition coefficient (Wildman–Crippen LogP) is 1.88. The number of nitrogens with one attached hydrogen (secondary N) is 1. The summed E-state index contributed by atoms with van der Waals surface area (Å²) < 4.78 is 54.7. The smallest absolute Gasteiger partial charge is 0.419 e. The van der Waals surface area contributed by atoms with Crippen LogP contribution < -0.4 is 5.32 Å². The Bertz CT molecular complexity index is 516. The van der Waals surface area contributed by atoms with E-state index in [0.29, 0.717) is 12.1 Å². The van der Waals surface area contributed by atoms with Crippen molar-refractivity contribution >= 4 is 17.6 Å². The van der Waals surface area contributed by atoms with Gasteiger partial charge in [0.05, 0.1) is 5.56 Å². The average Bonchev–Trinajstić information content (AvgIpc) is 2.29. The molecule has 20 heavy (non-hydrogen) atoms. The molecule has 1 rings (SSSR count). The third-order valence-corrected chi connectivity index (χ3v) is 2.01. The lowest BCUT2D eigenvalue weighted by molar-refractivity contribution is -0.143. The minimum atomic E-state index is -4.88. The molecule has 0 bridgehead atoms. The topological polar surface area (TPSA) is 75.6 Å². The van der Waals surface area contributed by atoms with Crippen molar-refractivity contribution in [1.82, 2.24) is 0 Å². The third kappa shape index (κ3) is 4.84. The van der Waals surface area contributed by atoms with Crippen LogP contribution in [-0.4, -0.2) is 30.2 Å². The molecule has 0 saturated heterocycles. The number of carboxylic acids is 1.